The highest BCUT2D eigenvalue weighted by Crippen LogP contribution is 2.36. The number of nitrogens with two attached hydrogens (primary N) is 1. The van der Waals surface area contributed by atoms with Crippen LogP contribution in [0.1, 0.15) is 17.2 Å². The zero-order valence-electron chi connectivity index (χ0n) is 10.9. The molecule has 3 nitrogen and oxygen atoms in total. The minimum absolute atomic E-state index is 0.0462. The molecule has 118 valence electrons. The maximum absolute atomic E-state index is 12.1. The van der Waals surface area contributed by atoms with Crippen molar-refractivity contribution in [1.82, 2.24) is 0 Å². The van der Waals surface area contributed by atoms with Crippen LogP contribution in [0.25, 0.3) is 0 Å². The average Bonchev–Trinajstić information content (AvgIpc) is 2.42. The van der Waals surface area contributed by atoms with Crippen molar-refractivity contribution in [2.75, 3.05) is 0 Å². The monoisotopic (exact) mass is 439 g/mol. The molecule has 2 aromatic carbocycles. The Morgan fingerprint density at radius 3 is 1.95 bits per heavy atom. The number of alkyl halides is 3. The fourth-order valence-corrected chi connectivity index (χ4v) is 3.06. The van der Waals surface area contributed by atoms with Gasteiger partial charge in [0.2, 0.25) is 0 Å². The highest BCUT2D eigenvalue weighted by atomic mass is 79.9. The number of benzene rings is 2. The van der Waals surface area contributed by atoms with Gasteiger partial charge in [0.25, 0.3) is 0 Å². The van der Waals surface area contributed by atoms with E-state index in [9.17, 15) is 18.3 Å². The molecule has 1 atom stereocenters. The lowest BCUT2D eigenvalue weighted by Gasteiger charge is -2.15. The van der Waals surface area contributed by atoms with Crippen molar-refractivity contribution in [3.63, 3.8) is 0 Å². The lowest BCUT2D eigenvalue weighted by Crippen LogP contribution is -2.17. The zero-order valence-corrected chi connectivity index (χ0v) is 14.0. The van der Waals surface area contributed by atoms with E-state index < -0.39 is 12.4 Å². The Balaban J connectivity index is 2.25. The van der Waals surface area contributed by atoms with Gasteiger partial charge in [0, 0.05) is 0 Å². The predicted molar refractivity (Wildman–Crippen MR) is 82.7 cm³/mol. The van der Waals surface area contributed by atoms with Crippen LogP contribution in [0.5, 0.6) is 11.5 Å². The summed E-state index contributed by atoms with van der Waals surface area (Å²) in [6, 6.07) is 8.05. The molecule has 22 heavy (non-hydrogen) atoms. The molecule has 0 aliphatic rings. The van der Waals surface area contributed by atoms with Gasteiger partial charge >= 0.3 is 6.36 Å². The second kappa shape index (κ2) is 6.47. The molecule has 2 aromatic rings. The number of hydrogen-bond donors (Lipinski definition) is 2. The van der Waals surface area contributed by atoms with Crippen molar-refractivity contribution in [2.45, 2.75) is 12.4 Å². The Labute approximate surface area is 141 Å². The van der Waals surface area contributed by atoms with Gasteiger partial charge in [-0.25, -0.2) is 0 Å². The second-order valence-corrected chi connectivity index (χ2v) is 6.14. The molecule has 0 radical (unpaired) electrons. The lowest BCUT2D eigenvalue weighted by molar-refractivity contribution is -0.274. The van der Waals surface area contributed by atoms with E-state index >= 15 is 0 Å². The quantitative estimate of drug-likeness (QED) is 0.716. The molecule has 2 rings (SSSR count). The summed E-state index contributed by atoms with van der Waals surface area (Å²) in [5.41, 5.74) is 7.39. The second-order valence-electron chi connectivity index (χ2n) is 4.43. The number of phenolic OH excluding ortho intramolecular Hbond substituents is 1. The van der Waals surface area contributed by atoms with Crippen LogP contribution in [0.3, 0.4) is 0 Å². The number of ether oxygens (including phenoxy) is 1. The number of hydrogen-bond acceptors (Lipinski definition) is 3. The van der Waals surface area contributed by atoms with Crippen LogP contribution in [0.4, 0.5) is 13.2 Å². The smallest absolute Gasteiger partial charge is 0.506 e. The van der Waals surface area contributed by atoms with Gasteiger partial charge in [0.05, 0.1) is 15.0 Å². The van der Waals surface area contributed by atoms with Gasteiger partial charge in [-0.2, -0.15) is 0 Å². The molecule has 0 amide bonds. The van der Waals surface area contributed by atoms with E-state index in [1.165, 1.54) is 24.3 Å². The summed E-state index contributed by atoms with van der Waals surface area (Å²) in [5, 5.41) is 9.67. The van der Waals surface area contributed by atoms with Gasteiger partial charge in [-0.3, -0.25) is 0 Å². The fraction of sp³-hybridized carbons (Fsp3) is 0.143. The van der Waals surface area contributed by atoms with Crippen molar-refractivity contribution >= 4 is 31.9 Å². The molecule has 0 saturated heterocycles. The van der Waals surface area contributed by atoms with Crippen LogP contribution in [0, 0.1) is 0 Å². The van der Waals surface area contributed by atoms with Crippen LogP contribution >= 0.6 is 31.9 Å². The first kappa shape index (κ1) is 17.1. The van der Waals surface area contributed by atoms with Gasteiger partial charge in [0.15, 0.2) is 0 Å². The third-order valence-electron chi connectivity index (χ3n) is 2.87. The fourth-order valence-electron chi connectivity index (χ4n) is 1.83. The third-order valence-corrected chi connectivity index (χ3v) is 4.08. The number of rotatable bonds is 3. The zero-order chi connectivity index (χ0) is 16.5. The van der Waals surface area contributed by atoms with Crippen LogP contribution in [0.15, 0.2) is 45.3 Å². The van der Waals surface area contributed by atoms with Gasteiger partial charge in [0.1, 0.15) is 11.5 Å². The molecule has 0 bridgehead atoms. The molecule has 0 unspecified atom stereocenters. The first-order chi connectivity index (χ1) is 10.2. The Morgan fingerprint density at radius 2 is 1.50 bits per heavy atom. The van der Waals surface area contributed by atoms with Crippen LogP contribution in [-0.2, 0) is 0 Å². The molecule has 0 fully saturated rings. The predicted octanol–water partition coefficient (Wildman–Crippen LogP) is 4.86. The summed E-state index contributed by atoms with van der Waals surface area (Å²) < 4.78 is 41.1. The average molecular weight is 441 g/mol. The van der Waals surface area contributed by atoms with Crippen LogP contribution in [-0.4, -0.2) is 11.5 Å². The summed E-state index contributed by atoms with van der Waals surface area (Å²) in [6.45, 7) is 0. The third kappa shape index (κ3) is 4.15. The maximum atomic E-state index is 12.1. The molecule has 0 aromatic heterocycles. The molecule has 0 aliphatic heterocycles. The first-order valence-corrected chi connectivity index (χ1v) is 7.55. The van der Waals surface area contributed by atoms with Crippen molar-refractivity contribution in [3.8, 4) is 11.5 Å². The molecule has 0 spiro atoms. The number of aromatic hydroxyl groups is 1. The van der Waals surface area contributed by atoms with E-state index in [0.29, 0.717) is 20.1 Å². The number of phenols is 1. The lowest BCUT2D eigenvalue weighted by atomic mass is 9.99. The van der Waals surface area contributed by atoms with E-state index in [1.807, 2.05) is 0 Å². The Hall–Kier alpha value is -1.25. The minimum atomic E-state index is -4.73. The van der Waals surface area contributed by atoms with E-state index in [4.69, 9.17) is 5.73 Å². The maximum Gasteiger partial charge on any atom is 0.573 e. The Bertz CT molecular complexity index is 652. The van der Waals surface area contributed by atoms with E-state index in [0.717, 1.165) is 0 Å². The molecule has 8 heteroatoms. The van der Waals surface area contributed by atoms with E-state index in [2.05, 4.69) is 36.6 Å². The summed E-state index contributed by atoms with van der Waals surface area (Å²) in [5.74, 6) is -0.263. The van der Waals surface area contributed by atoms with E-state index in [1.54, 1.807) is 12.1 Å². The highest BCUT2D eigenvalue weighted by molar-refractivity contribution is 9.11. The Kier molecular flexibility index (Phi) is 5.03. The molecular formula is C14H10Br2F3NO2. The minimum Gasteiger partial charge on any atom is -0.506 e. The van der Waals surface area contributed by atoms with Gasteiger partial charge < -0.3 is 15.6 Å². The summed E-state index contributed by atoms with van der Waals surface area (Å²) in [7, 11) is 0. The van der Waals surface area contributed by atoms with Crippen molar-refractivity contribution in [3.05, 3.63) is 56.5 Å². The summed E-state index contributed by atoms with van der Waals surface area (Å²) >= 11 is 6.40. The van der Waals surface area contributed by atoms with Gasteiger partial charge in [-0.15, -0.1) is 13.2 Å². The van der Waals surface area contributed by atoms with Crippen LogP contribution in [0.2, 0.25) is 0 Å². The first-order valence-electron chi connectivity index (χ1n) is 5.96. The SMILES string of the molecule is N[C@H](c1ccc(OC(F)(F)F)cc1)c1cc(Br)c(O)c(Br)c1. The van der Waals surface area contributed by atoms with E-state index in [-0.39, 0.29) is 11.5 Å². The van der Waals surface area contributed by atoms with Crippen molar-refractivity contribution in [2.24, 2.45) is 5.73 Å². The largest absolute Gasteiger partial charge is 0.573 e. The number of halogens is 5. The van der Waals surface area contributed by atoms with Crippen LogP contribution < -0.4 is 10.5 Å². The normalized spacial score (nSPS) is 13.0. The standard InChI is InChI=1S/C14H10Br2F3NO2/c15-10-5-8(6-11(16)13(10)21)12(20)7-1-3-9(4-2-7)22-14(17,18)19/h1-6,12,21H,20H2/t12-/m1/s1. The van der Waals surface area contributed by atoms with Gasteiger partial charge in [-0.1, -0.05) is 12.1 Å². The van der Waals surface area contributed by atoms with Crippen molar-refractivity contribution < 1.29 is 23.0 Å². The van der Waals surface area contributed by atoms with Crippen molar-refractivity contribution in [1.29, 1.82) is 0 Å². The summed E-state index contributed by atoms with van der Waals surface area (Å²) in [6.07, 6.45) is -4.73. The Morgan fingerprint density at radius 1 is 1.00 bits per heavy atom. The summed E-state index contributed by atoms with van der Waals surface area (Å²) in [4.78, 5) is 0. The van der Waals surface area contributed by atoms with Gasteiger partial charge in [-0.05, 0) is 67.3 Å². The molecule has 3 N–H and O–H groups in total. The highest BCUT2D eigenvalue weighted by Gasteiger charge is 2.31. The topological polar surface area (TPSA) is 55.5 Å². The molecular weight excluding hydrogens is 431 g/mol. The molecule has 0 aliphatic carbocycles. The molecule has 0 saturated carbocycles. The molecule has 0 heterocycles.